The number of rotatable bonds is 10. The third-order valence-electron chi connectivity index (χ3n) is 3.08. The van der Waals surface area contributed by atoms with E-state index >= 15 is 0 Å². The Morgan fingerprint density at radius 3 is 2.63 bits per heavy atom. The van der Waals surface area contributed by atoms with Crippen LogP contribution in [0.5, 0.6) is 5.75 Å². The Labute approximate surface area is 117 Å². The Hall–Kier alpha value is -1.22. The summed E-state index contributed by atoms with van der Waals surface area (Å²) < 4.78 is 5.57. The molecular weight excluding hydrogens is 236 g/mol. The topological polar surface area (TPSA) is 47.3 Å². The maximum absolute atomic E-state index is 5.99. The van der Waals surface area contributed by atoms with Crippen molar-refractivity contribution in [3.05, 3.63) is 23.8 Å². The molecule has 108 valence electrons. The first-order chi connectivity index (χ1) is 9.27. The van der Waals surface area contributed by atoms with Crippen LogP contribution in [0.2, 0.25) is 0 Å². The molecule has 0 heterocycles. The molecule has 0 fully saturated rings. The van der Waals surface area contributed by atoms with E-state index in [9.17, 15) is 0 Å². The lowest BCUT2D eigenvalue weighted by atomic mass is 10.1. The van der Waals surface area contributed by atoms with Gasteiger partial charge in [0.2, 0.25) is 0 Å². The largest absolute Gasteiger partial charge is 0.491 e. The number of ether oxygens (including phenoxy) is 1. The van der Waals surface area contributed by atoms with Crippen LogP contribution in [0.1, 0.15) is 45.1 Å². The molecule has 1 aromatic rings. The highest BCUT2D eigenvalue weighted by Gasteiger charge is 2.01. The van der Waals surface area contributed by atoms with E-state index in [2.05, 4.69) is 25.2 Å². The molecule has 19 heavy (non-hydrogen) atoms. The molecule has 0 atom stereocenters. The van der Waals surface area contributed by atoms with Crippen LogP contribution < -0.4 is 15.8 Å². The summed E-state index contributed by atoms with van der Waals surface area (Å²) in [5.41, 5.74) is 8.00. The van der Waals surface area contributed by atoms with Crippen molar-refractivity contribution >= 4 is 5.69 Å². The molecule has 0 aromatic heterocycles. The van der Waals surface area contributed by atoms with E-state index in [-0.39, 0.29) is 0 Å². The second-order valence-electron chi connectivity index (χ2n) is 4.93. The van der Waals surface area contributed by atoms with Crippen LogP contribution in [-0.4, -0.2) is 19.7 Å². The summed E-state index contributed by atoms with van der Waals surface area (Å²) in [5, 5.41) is 3.46. The molecule has 0 aliphatic carbocycles. The molecule has 1 aromatic carbocycles. The van der Waals surface area contributed by atoms with Gasteiger partial charge in [-0.3, -0.25) is 0 Å². The van der Waals surface area contributed by atoms with E-state index in [0.29, 0.717) is 0 Å². The lowest BCUT2D eigenvalue weighted by molar-refractivity contribution is 0.319. The SMILES string of the molecule is CCCCCNCCc1ccc(OCCC)c(N)c1. The predicted molar refractivity (Wildman–Crippen MR) is 82.7 cm³/mol. The summed E-state index contributed by atoms with van der Waals surface area (Å²) in [5.74, 6) is 0.807. The summed E-state index contributed by atoms with van der Waals surface area (Å²) in [6, 6.07) is 6.12. The highest BCUT2D eigenvalue weighted by atomic mass is 16.5. The minimum absolute atomic E-state index is 0.725. The van der Waals surface area contributed by atoms with Crippen LogP contribution >= 0.6 is 0 Å². The maximum atomic E-state index is 5.99. The molecular formula is C16H28N2O. The molecule has 0 bridgehead atoms. The van der Waals surface area contributed by atoms with Gasteiger partial charge < -0.3 is 15.8 Å². The van der Waals surface area contributed by atoms with Crippen molar-refractivity contribution in [3.8, 4) is 5.75 Å². The molecule has 0 saturated heterocycles. The van der Waals surface area contributed by atoms with Crippen LogP contribution in [0.3, 0.4) is 0 Å². The molecule has 0 amide bonds. The minimum Gasteiger partial charge on any atom is -0.491 e. The number of anilines is 1. The molecule has 0 aliphatic rings. The van der Waals surface area contributed by atoms with Crippen molar-refractivity contribution in [2.24, 2.45) is 0 Å². The van der Waals surface area contributed by atoms with E-state index in [1.165, 1.54) is 24.8 Å². The van der Waals surface area contributed by atoms with Crippen LogP contribution in [0.4, 0.5) is 5.69 Å². The van der Waals surface area contributed by atoms with Gasteiger partial charge in [0.15, 0.2) is 0 Å². The maximum Gasteiger partial charge on any atom is 0.142 e. The molecule has 0 radical (unpaired) electrons. The fourth-order valence-corrected chi connectivity index (χ4v) is 1.95. The zero-order valence-electron chi connectivity index (χ0n) is 12.4. The van der Waals surface area contributed by atoms with E-state index in [1.54, 1.807) is 0 Å². The van der Waals surface area contributed by atoms with Gasteiger partial charge in [0, 0.05) is 0 Å². The molecule has 0 spiro atoms. The second-order valence-corrected chi connectivity index (χ2v) is 4.93. The second kappa shape index (κ2) is 9.68. The Kier molecular flexibility index (Phi) is 8.07. The van der Waals surface area contributed by atoms with Gasteiger partial charge in [-0.25, -0.2) is 0 Å². The van der Waals surface area contributed by atoms with Gasteiger partial charge in [-0.15, -0.1) is 0 Å². The van der Waals surface area contributed by atoms with Crippen LogP contribution in [-0.2, 0) is 6.42 Å². The summed E-state index contributed by atoms with van der Waals surface area (Å²) in [4.78, 5) is 0. The number of nitrogens with one attached hydrogen (secondary N) is 1. The molecule has 0 saturated carbocycles. The number of unbranched alkanes of at least 4 members (excludes halogenated alkanes) is 2. The highest BCUT2D eigenvalue weighted by molar-refractivity contribution is 5.54. The summed E-state index contributed by atoms with van der Waals surface area (Å²) >= 11 is 0. The quantitative estimate of drug-likeness (QED) is 0.503. The summed E-state index contributed by atoms with van der Waals surface area (Å²) in [6.45, 7) is 7.17. The van der Waals surface area contributed by atoms with Crippen molar-refractivity contribution in [3.63, 3.8) is 0 Å². The van der Waals surface area contributed by atoms with Crippen LogP contribution in [0, 0.1) is 0 Å². The molecule has 0 aliphatic heterocycles. The Bertz CT molecular complexity index is 353. The van der Waals surface area contributed by atoms with Gasteiger partial charge in [-0.2, -0.15) is 0 Å². The molecule has 3 heteroatoms. The Morgan fingerprint density at radius 1 is 1.11 bits per heavy atom. The van der Waals surface area contributed by atoms with Gasteiger partial charge in [-0.05, 0) is 50.0 Å². The minimum atomic E-state index is 0.725. The zero-order chi connectivity index (χ0) is 13.9. The number of nitrogen functional groups attached to an aromatic ring is 1. The first-order valence-corrected chi connectivity index (χ1v) is 7.49. The molecule has 0 unspecified atom stereocenters. The summed E-state index contributed by atoms with van der Waals surface area (Å²) in [6.07, 6.45) is 5.87. The highest BCUT2D eigenvalue weighted by Crippen LogP contribution is 2.22. The van der Waals surface area contributed by atoms with E-state index in [4.69, 9.17) is 10.5 Å². The first kappa shape index (κ1) is 15.8. The van der Waals surface area contributed by atoms with Gasteiger partial charge in [0.25, 0.3) is 0 Å². The Balaban J connectivity index is 2.29. The van der Waals surface area contributed by atoms with Gasteiger partial charge in [-0.1, -0.05) is 32.8 Å². The average molecular weight is 264 g/mol. The lowest BCUT2D eigenvalue weighted by Crippen LogP contribution is -2.18. The normalized spacial score (nSPS) is 10.6. The van der Waals surface area contributed by atoms with Crippen molar-refractivity contribution in [2.75, 3.05) is 25.4 Å². The standard InChI is InChI=1S/C16H28N2O/c1-3-5-6-10-18-11-9-14-7-8-16(15(17)13-14)19-12-4-2/h7-8,13,18H,3-6,9-12,17H2,1-2H3. The lowest BCUT2D eigenvalue weighted by Gasteiger charge is -2.10. The molecule has 3 N–H and O–H groups in total. The molecule has 1 rings (SSSR count). The average Bonchev–Trinajstić information content (AvgIpc) is 2.42. The van der Waals surface area contributed by atoms with Crippen molar-refractivity contribution in [2.45, 2.75) is 46.0 Å². The van der Waals surface area contributed by atoms with E-state index in [0.717, 1.165) is 44.0 Å². The van der Waals surface area contributed by atoms with Crippen molar-refractivity contribution < 1.29 is 4.74 Å². The van der Waals surface area contributed by atoms with E-state index in [1.807, 2.05) is 12.1 Å². The summed E-state index contributed by atoms with van der Waals surface area (Å²) in [7, 11) is 0. The van der Waals surface area contributed by atoms with E-state index < -0.39 is 0 Å². The zero-order valence-corrected chi connectivity index (χ0v) is 12.4. The smallest absolute Gasteiger partial charge is 0.142 e. The van der Waals surface area contributed by atoms with Gasteiger partial charge >= 0.3 is 0 Å². The van der Waals surface area contributed by atoms with Gasteiger partial charge in [0.1, 0.15) is 5.75 Å². The number of hydrogen-bond donors (Lipinski definition) is 2. The van der Waals surface area contributed by atoms with Crippen LogP contribution in [0.15, 0.2) is 18.2 Å². The molecule has 3 nitrogen and oxygen atoms in total. The predicted octanol–water partition coefficient (Wildman–Crippen LogP) is 3.38. The number of nitrogens with two attached hydrogens (primary N) is 1. The monoisotopic (exact) mass is 264 g/mol. The fraction of sp³-hybridized carbons (Fsp3) is 0.625. The fourth-order valence-electron chi connectivity index (χ4n) is 1.95. The van der Waals surface area contributed by atoms with Gasteiger partial charge in [0.05, 0.1) is 12.3 Å². The third-order valence-corrected chi connectivity index (χ3v) is 3.08. The third kappa shape index (κ3) is 6.48. The first-order valence-electron chi connectivity index (χ1n) is 7.49. The number of hydrogen-bond acceptors (Lipinski definition) is 3. The Morgan fingerprint density at radius 2 is 1.95 bits per heavy atom. The number of benzene rings is 1. The van der Waals surface area contributed by atoms with Crippen molar-refractivity contribution in [1.29, 1.82) is 0 Å². The van der Waals surface area contributed by atoms with Crippen molar-refractivity contribution in [1.82, 2.24) is 5.32 Å². The van der Waals surface area contributed by atoms with Crippen LogP contribution in [0.25, 0.3) is 0 Å².